The van der Waals surface area contributed by atoms with Gasteiger partial charge in [0.05, 0.1) is 0 Å². The third-order valence-corrected chi connectivity index (χ3v) is 17.4. The Bertz CT molecular complexity index is 298. The van der Waals surface area contributed by atoms with Crippen molar-refractivity contribution >= 4 is 0 Å². The predicted molar refractivity (Wildman–Crippen MR) is 76.8 cm³/mol. The van der Waals surface area contributed by atoms with Crippen LogP contribution in [0.15, 0.2) is 21.5 Å². The van der Waals surface area contributed by atoms with Gasteiger partial charge in [0, 0.05) is 0 Å². The molecule has 0 unspecified atom stereocenters. The van der Waals surface area contributed by atoms with Crippen molar-refractivity contribution in [2.75, 3.05) is 40.8 Å². The molecule has 0 aromatic rings. The minimum absolute atomic E-state index is 1.13. The number of allylic oxidation sites excluding steroid dienone is 4. The van der Waals surface area contributed by atoms with Crippen LogP contribution in [-0.4, -0.2) is 49.3 Å². The predicted octanol–water partition coefficient (Wildman–Crippen LogP) is 2.58. The third kappa shape index (κ3) is 2.72. The van der Waals surface area contributed by atoms with E-state index in [-0.39, 0.29) is 0 Å². The van der Waals surface area contributed by atoms with Gasteiger partial charge < -0.3 is 0 Å². The zero-order chi connectivity index (χ0) is 13.8. The molecular weight excluding hydrogens is 301 g/mol. The second-order valence-corrected chi connectivity index (χ2v) is 15.3. The zero-order valence-electron chi connectivity index (χ0n) is 12.9. The Kier molecular flexibility index (Phi) is 6.46. The molecule has 3 nitrogen and oxygen atoms in total. The first-order chi connectivity index (χ1) is 8.55. The number of hydrogen-bond donors (Lipinski definition) is 0. The fourth-order valence-corrected chi connectivity index (χ4v) is 15.9. The van der Waals surface area contributed by atoms with E-state index in [0.29, 0.717) is 0 Å². The van der Waals surface area contributed by atoms with Crippen LogP contribution in [0.4, 0.5) is 0 Å². The van der Waals surface area contributed by atoms with Crippen molar-refractivity contribution < 1.29 is 21.1 Å². The van der Waals surface area contributed by atoms with Crippen molar-refractivity contribution in [2.24, 2.45) is 0 Å². The molecule has 0 aromatic carbocycles. The summed E-state index contributed by atoms with van der Waals surface area (Å²) in [7, 11) is 6.94. The quantitative estimate of drug-likeness (QED) is 0.710. The molecule has 0 saturated heterocycles. The van der Waals surface area contributed by atoms with Crippen molar-refractivity contribution in [2.45, 2.75) is 27.2 Å². The Morgan fingerprint density at radius 2 is 1.39 bits per heavy atom. The normalized spacial score (nSPS) is 16.2. The van der Waals surface area contributed by atoms with E-state index in [2.05, 4.69) is 68.7 Å². The van der Waals surface area contributed by atoms with E-state index in [1.54, 1.807) is 3.28 Å². The summed E-state index contributed by atoms with van der Waals surface area (Å²) < 4.78 is 9.64. The summed E-state index contributed by atoms with van der Waals surface area (Å²) in [5.74, 6) is 0. The van der Waals surface area contributed by atoms with Crippen LogP contribution in [0.3, 0.4) is 0 Å². The molecule has 0 aromatic heterocycles. The van der Waals surface area contributed by atoms with Crippen LogP contribution in [0, 0.1) is 0 Å². The molecule has 0 aliphatic heterocycles. The summed E-state index contributed by atoms with van der Waals surface area (Å²) in [6.07, 6.45) is 8.06. The monoisotopic (exact) mass is 329 g/mol. The second kappa shape index (κ2) is 7.14. The number of rotatable bonds is 7. The maximum absolute atomic E-state index is 2.78. The summed E-state index contributed by atoms with van der Waals surface area (Å²) in [6, 6.07) is 0. The molecule has 1 aliphatic rings. The topological polar surface area (TPSA) is 9.72 Å². The zero-order valence-corrected chi connectivity index (χ0v) is 15.4. The molecule has 18 heavy (non-hydrogen) atoms. The molecule has 0 fully saturated rings. The average molecular weight is 331 g/mol. The molecule has 1 aliphatic carbocycles. The van der Waals surface area contributed by atoms with E-state index in [4.69, 9.17) is 0 Å². The van der Waals surface area contributed by atoms with Gasteiger partial charge in [0.1, 0.15) is 0 Å². The molecule has 0 radical (unpaired) electrons. The number of nitrogens with zero attached hydrogens (tertiary/aromatic N) is 3. The summed E-state index contributed by atoms with van der Waals surface area (Å²) in [4.78, 5) is 0. The van der Waals surface area contributed by atoms with Gasteiger partial charge in [0.25, 0.3) is 0 Å². The van der Waals surface area contributed by atoms with Crippen LogP contribution >= 0.6 is 0 Å². The maximum atomic E-state index is 2.65. The van der Waals surface area contributed by atoms with E-state index in [1.165, 1.54) is 0 Å². The average Bonchev–Trinajstić information content (AvgIpc) is 2.92. The van der Waals surface area contributed by atoms with E-state index >= 15 is 0 Å². The summed E-state index contributed by atoms with van der Waals surface area (Å²) in [6.45, 7) is 10.2. The standard InChI is InChI=1S/C5H5.3C3H8N.Zr/c1-2-4-5-3-1;3*1-3-4-2;/h1-3H,4H2;3*3H2,1-2H3;/q;3*-1;+3. The Labute approximate surface area is 119 Å². The first-order valence-electron chi connectivity index (χ1n) is 7.05. The van der Waals surface area contributed by atoms with E-state index in [9.17, 15) is 0 Å². The van der Waals surface area contributed by atoms with Gasteiger partial charge in [-0.1, -0.05) is 0 Å². The third-order valence-electron chi connectivity index (χ3n) is 4.22. The van der Waals surface area contributed by atoms with Gasteiger partial charge in [-0.25, -0.2) is 0 Å². The van der Waals surface area contributed by atoms with Crippen LogP contribution in [0.1, 0.15) is 27.2 Å². The van der Waals surface area contributed by atoms with Gasteiger partial charge >= 0.3 is 119 Å². The van der Waals surface area contributed by atoms with Crippen LogP contribution in [0.2, 0.25) is 0 Å². The van der Waals surface area contributed by atoms with Gasteiger partial charge in [0.15, 0.2) is 0 Å². The van der Waals surface area contributed by atoms with E-state index in [1.807, 2.05) is 0 Å². The Balaban J connectivity index is 3.25. The van der Waals surface area contributed by atoms with Gasteiger partial charge in [0.2, 0.25) is 0 Å². The molecule has 0 amide bonds. The van der Waals surface area contributed by atoms with Crippen molar-refractivity contribution in [3.05, 3.63) is 21.5 Å². The van der Waals surface area contributed by atoms with Gasteiger partial charge in [-0.15, -0.1) is 0 Å². The first kappa shape index (κ1) is 16.3. The molecule has 0 N–H and O–H groups in total. The molecule has 0 bridgehead atoms. The minimum atomic E-state index is -2.78. The second-order valence-electron chi connectivity index (χ2n) is 5.00. The Morgan fingerprint density at radius 1 is 0.944 bits per heavy atom. The van der Waals surface area contributed by atoms with Crippen LogP contribution in [0.25, 0.3) is 0 Å². The van der Waals surface area contributed by atoms with Crippen molar-refractivity contribution in [1.29, 1.82) is 0 Å². The van der Waals surface area contributed by atoms with Crippen molar-refractivity contribution in [3.8, 4) is 0 Å². The Hall–Kier alpha value is 0.243. The van der Waals surface area contributed by atoms with Crippen LogP contribution < -0.4 is 0 Å². The molecular formula is C14H29N3Zr. The van der Waals surface area contributed by atoms with Gasteiger partial charge in [-0.3, -0.25) is 0 Å². The summed E-state index contributed by atoms with van der Waals surface area (Å²) in [5.41, 5.74) is 0. The first-order valence-corrected chi connectivity index (χ1v) is 11.6. The van der Waals surface area contributed by atoms with Gasteiger partial charge in [-0.2, -0.15) is 0 Å². The summed E-state index contributed by atoms with van der Waals surface area (Å²) in [5, 5.41) is 0. The van der Waals surface area contributed by atoms with Crippen molar-refractivity contribution in [3.63, 3.8) is 0 Å². The molecule has 104 valence electrons. The fourth-order valence-electron chi connectivity index (χ4n) is 2.97. The van der Waals surface area contributed by atoms with Crippen molar-refractivity contribution in [1.82, 2.24) is 8.53 Å². The molecule has 0 saturated carbocycles. The molecule has 0 heterocycles. The molecule has 1 rings (SSSR count). The SMILES string of the molecule is CC[N](C)[Zr]([C]1=CC=CC1)([N](C)CC)[N](C)CC. The molecule has 0 spiro atoms. The molecule has 0 atom stereocenters. The number of hydrogen-bond acceptors (Lipinski definition) is 3. The Morgan fingerprint density at radius 3 is 1.67 bits per heavy atom. The molecule has 4 heteroatoms. The fraction of sp³-hybridized carbons (Fsp3) is 0.714. The van der Waals surface area contributed by atoms with Crippen LogP contribution in [0.5, 0.6) is 0 Å². The van der Waals surface area contributed by atoms with E-state index in [0.717, 1.165) is 26.1 Å². The summed E-state index contributed by atoms with van der Waals surface area (Å²) >= 11 is -2.78. The van der Waals surface area contributed by atoms with Gasteiger partial charge in [-0.05, 0) is 0 Å². The van der Waals surface area contributed by atoms with E-state index < -0.39 is 21.1 Å². The van der Waals surface area contributed by atoms with Crippen LogP contribution in [-0.2, 0) is 21.1 Å².